The number of aryl methyl sites for hydroxylation is 1. The van der Waals surface area contributed by atoms with Gasteiger partial charge in [-0.15, -0.1) is 0 Å². The molecule has 12 heteroatoms. The minimum Gasteiger partial charge on any atom is -0.345 e. The van der Waals surface area contributed by atoms with Crippen LogP contribution >= 0.6 is 0 Å². The smallest absolute Gasteiger partial charge is 0.265 e. The average molecular weight is 456 g/mol. The number of benzene rings is 1. The molecule has 0 spiro atoms. The molecular formula is C20H14F2N6O3S. The Labute approximate surface area is 180 Å². The third-order valence-electron chi connectivity index (χ3n) is 4.70. The zero-order valence-electron chi connectivity index (χ0n) is 16.4. The Morgan fingerprint density at radius 3 is 2.78 bits per heavy atom. The van der Waals surface area contributed by atoms with E-state index in [9.17, 15) is 17.6 Å². The van der Waals surface area contributed by atoms with E-state index in [1.165, 1.54) is 29.3 Å². The van der Waals surface area contributed by atoms with Gasteiger partial charge in [-0.3, -0.25) is 19.2 Å². The lowest BCUT2D eigenvalue weighted by atomic mass is 10.0. The number of carbonyl (C=O) groups is 1. The second kappa shape index (κ2) is 7.86. The molecule has 1 aromatic carbocycles. The van der Waals surface area contributed by atoms with E-state index in [1.54, 1.807) is 6.92 Å². The molecular weight excluding hydrogens is 442 g/mol. The van der Waals surface area contributed by atoms with E-state index in [2.05, 4.69) is 19.9 Å². The number of carbonyl (C=O) groups excluding carboxylic acids is 1. The third kappa shape index (κ3) is 3.58. The van der Waals surface area contributed by atoms with Gasteiger partial charge >= 0.3 is 0 Å². The van der Waals surface area contributed by atoms with Gasteiger partial charge in [-0.25, -0.2) is 22.0 Å². The second-order valence-corrected chi connectivity index (χ2v) is 8.34. The molecule has 4 rings (SSSR count). The Balaban J connectivity index is 1.76. The number of anilines is 1. The zero-order chi connectivity index (χ0) is 23.0. The number of rotatable bonds is 6. The Kier molecular flexibility index (Phi) is 5.19. The van der Waals surface area contributed by atoms with Crippen LogP contribution in [0.3, 0.4) is 0 Å². The summed E-state index contributed by atoms with van der Waals surface area (Å²) >= 11 is 0. The van der Waals surface area contributed by atoms with E-state index >= 15 is 4.39 Å². The first-order valence-corrected chi connectivity index (χ1v) is 10.7. The number of ketones is 1. The van der Waals surface area contributed by atoms with Crippen LogP contribution in [-0.4, -0.2) is 33.9 Å². The van der Waals surface area contributed by atoms with Crippen LogP contribution in [0.5, 0.6) is 0 Å². The van der Waals surface area contributed by atoms with Gasteiger partial charge in [0.1, 0.15) is 16.4 Å². The fourth-order valence-electron chi connectivity index (χ4n) is 3.08. The Morgan fingerprint density at radius 1 is 1.31 bits per heavy atom. The molecule has 0 bridgehead atoms. The number of fused-ring (bicyclic) bond motifs is 1. The van der Waals surface area contributed by atoms with Gasteiger partial charge in [-0.1, -0.05) is 0 Å². The van der Waals surface area contributed by atoms with Crippen molar-refractivity contribution in [3.63, 3.8) is 0 Å². The summed E-state index contributed by atoms with van der Waals surface area (Å²) < 4.78 is 58.2. The van der Waals surface area contributed by atoms with Crippen LogP contribution in [-0.2, 0) is 16.6 Å². The lowest BCUT2D eigenvalue weighted by Crippen LogP contribution is -2.16. The first kappa shape index (κ1) is 21.1. The predicted molar refractivity (Wildman–Crippen MR) is 111 cm³/mol. The number of nitrogens with zero attached hydrogens (tertiary/aromatic N) is 4. The third-order valence-corrected chi connectivity index (χ3v) is 6.02. The first-order valence-electron chi connectivity index (χ1n) is 9.17. The highest BCUT2D eigenvalue weighted by atomic mass is 32.2. The second-order valence-electron chi connectivity index (χ2n) is 6.65. The maximum Gasteiger partial charge on any atom is 0.265 e. The lowest BCUT2D eigenvalue weighted by molar-refractivity contribution is 0.103. The molecule has 0 unspecified atom stereocenters. The summed E-state index contributed by atoms with van der Waals surface area (Å²) in [4.78, 5) is 22.7. The molecule has 162 valence electrons. The topological polar surface area (TPSA) is 114 Å². The number of H-pyrrole nitrogens is 1. The normalized spacial score (nSPS) is 11.4. The van der Waals surface area contributed by atoms with Gasteiger partial charge in [0.15, 0.2) is 5.82 Å². The quantitative estimate of drug-likeness (QED) is 0.340. The van der Waals surface area contributed by atoms with E-state index in [-0.39, 0.29) is 27.2 Å². The maximum absolute atomic E-state index is 15.2. The van der Waals surface area contributed by atoms with Crippen molar-refractivity contribution in [1.82, 2.24) is 19.7 Å². The molecule has 3 heterocycles. The highest BCUT2D eigenvalue weighted by Gasteiger charge is 2.26. The largest absolute Gasteiger partial charge is 0.345 e. The minimum absolute atomic E-state index is 0.111. The van der Waals surface area contributed by atoms with Gasteiger partial charge in [0.05, 0.1) is 24.0 Å². The van der Waals surface area contributed by atoms with Crippen molar-refractivity contribution < 1.29 is 22.0 Å². The molecule has 0 radical (unpaired) electrons. The molecule has 9 nitrogen and oxygen atoms in total. The van der Waals surface area contributed by atoms with Gasteiger partial charge in [0.25, 0.3) is 10.0 Å². The average Bonchev–Trinajstić information content (AvgIpc) is 3.42. The number of pyridine rings is 1. The van der Waals surface area contributed by atoms with Crippen LogP contribution < -0.4 is 4.72 Å². The van der Waals surface area contributed by atoms with Crippen molar-refractivity contribution in [1.29, 1.82) is 0 Å². The van der Waals surface area contributed by atoms with Crippen LogP contribution in [0, 0.1) is 18.2 Å². The van der Waals surface area contributed by atoms with E-state index in [1.807, 2.05) is 4.72 Å². The van der Waals surface area contributed by atoms with Crippen molar-refractivity contribution in [2.24, 2.45) is 0 Å². The summed E-state index contributed by atoms with van der Waals surface area (Å²) in [5.41, 5.74) is -1.25. The fraction of sp³-hybridized carbons (Fsp3) is 0.100. The van der Waals surface area contributed by atoms with Crippen LogP contribution in [0.1, 0.15) is 22.8 Å². The number of hydrogen-bond donors (Lipinski definition) is 2. The summed E-state index contributed by atoms with van der Waals surface area (Å²) in [6.07, 6.45) is 4.86. The van der Waals surface area contributed by atoms with Crippen molar-refractivity contribution in [3.8, 4) is 0 Å². The van der Waals surface area contributed by atoms with E-state index in [0.717, 1.165) is 18.3 Å². The predicted octanol–water partition coefficient (Wildman–Crippen LogP) is 3.64. The van der Waals surface area contributed by atoms with Crippen molar-refractivity contribution >= 4 is 38.2 Å². The summed E-state index contributed by atoms with van der Waals surface area (Å²) in [7, 11) is -4.23. The number of aromatic amines is 1. The number of sulfonamides is 1. The summed E-state index contributed by atoms with van der Waals surface area (Å²) in [5.74, 6) is -3.57. The van der Waals surface area contributed by atoms with Crippen LogP contribution in [0.2, 0.25) is 0 Å². The standard InChI is InChI=1S/C20H14F2N6O3S/c1-3-28-10-12(8-26-28)32(30,31)27-16-5-4-15(21)17(18(16)22)19(29)14-9-25-20-13(14)6-11(23-2)7-24-20/h4-10,27H,3H2,1H3,(H,24,25). The fourth-order valence-corrected chi connectivity index (χ4v) is 4.09. The van der Waals surface area contributed by atoms with Crippen LogP contribution in [0.4, 0.5) is 20.2 Å². The van der Waals surface area contributed by atoms with Gasteiger partial charge in [0.2, 0.25) is 11.5 Å². The molecule has 0 saturated heterocycles. The lowest BCUT2D eigenvalue weighted by Gasteiger charge is -2.11. The van der Waals surface area contributed by atoms with Gasteiger partial charge in [0, 0.05) is 36.1 Å². The van der Waals surface area contributed by atoms with Gasteiger partial charge < -0.3 is 4.98 Å². The molecule has 3 aromatic heterocycles. The molecule has 0 fully saturated rings. The van der Waals surface area contributed by atoms with Crippen LogP contribution in [0.25, 0.3) is 15.9 Å². The minimum atomic E-state index is -4.23. The number of aromatic nitrogens is 4. The molecule has 0 saturated carbocycles. The molecule has 0 aliphatic carbocycles. The van der Waals surface area contributed by atoms with E-state index in [0.29, 0.717) is 6.54 Å². The maximum atomic E-state index is 15.2. The van der Waals surface area contributed by atoms with Crippen molar-refractivity contribution in [2.75, 3.05) is 4.72 Å². The number of halogens is 2. The Morgan fingerprint density at radius 2 is 2.09 bits per heavy atom. The Bertz CT molecular complexity index is 1520. The molecule has 0 atom stereocenters. The van der Waals surface area contributed by atoms with E-state index in [4.69, 9.17) is 6.57 Å². The summed E-state index contributed by atoms with van der Waals surface area (Å²) in [5, 5.41) is 4.07. The highest BCUT2D eigenvalue weighted by molar-refractivity contribution is 7.92. The van der Waals surface area contributed by atoms with Gasteiger partial charge in [-0.2, -0.15) is 5.10 Å². The van der Waals surface area contributed by atoms with Crippen LogP contribution in [0.15, 0.2) is 47.9 Å². The van der Waals surface area contributed by atoms with Crippen molar-refractivity contribution in [3.05, 3.63) is 77.2 Å². The number of hydrogen-bond acceptors (Lipinski definition) is 5. The summed E-state index contributed by atoms with van der Waals surface area (Å²) in [6, 6.07) is 3.05. The molecule has 0 amide bonds. The molecule has 2 N–H and O–H groups in total. The monoisotopic (exact) mass is 456 g/mol. The molecule has 32 heavy (non-hydrogen) atoms. The number of nitrogens with one attached hydrogen (secondary N) is 2. The molecule has 0 aliphatic heterocycles. The highest BCUT2D eigenvalue weighted by Crippen LogP contribution is 2.29. The molecule has 0 aliphatic rings. The molecule has 4 aromatic rings. The Hall–Kier alpha value is -4.11. The van der Waals surface area contributed by atoms with Gasteiger partial charge in [-0.05, 0) is 25.1 Å². The SMILES string of the molecule is [C-]#[N+]c1cnc2[nH]cc(C(=O)c3c(F)ccc(NS(=O)(=O)c4cnn(CC)c4)c3F)c2c1. The summed E-state index contributed by atoms with van der Waals surface area (Å²) in [6.45, 7) is 9.26. The van der Waals surface area contributed by atoms with Crippen molar-refractivity contribution in [2.45, 2.75) is 18.4 Å². The first-order chi connectivity index (χ1) is 15.2. The van der Waals surface area contributed by atoms with E-state index < -0.39 is 38.7 Å². The zero-order valence-corrected chi connectivity index (χ0v) is 17.2.